The van der Waals surface area contributed by atoms with Crippen LogP contribution in [0.25, 0.3) is 22.6 Å². The largest absolute Gasteiger partial charge is 0.377 e. The molecule has 0 saturated carbocycles. The summed E-state index contributed by atoms with van der Waals surface area (Å²) in [5, 5.41) is 3.18. The van der Waals surface area contributed by atoms with Gasteiger partial charge in [-0.25, -0.2) is 15.0 Å². The van der Waals surface area contributed by atoms with E-state index in [1.165, 1.54) is 0 Å². The zero-order chi connectivity index (χ0) is 21.8. The van der Waals surface area contributed by atoms with Crippen molar-refractivity contribution in [3.8, 4) is 11.5 Å². The molecule has 7 nitrogen and oxygen atoms in total. The third-order valence-electron chi connectivity index (χ3n) is 6.26. The molecule has 1 unspecified atom stereocenters. The Hall–Kier alpha value is -2.51. The molecule has 1 fully saturated rings. The lowest BCUT2D eigenvalue weighted by atomic mass is 9.98. The van der Waals surface area contributed by atoms with E-state index in [1.807, 2.05) is 13.1 Å². The fourth-order valence-corrected chi connectivity index (χ4v) is 4.40. The van der Waals surface area contributed by atoms with Crippen LogP contribution in [0.15, 0.2) is 24.3 Å². The number of morpholine rings is 1. The molecular formula is C24H34N6O. The van der Waals surface area contributed by atoms with Gasteiger partial charge >= 0.3 is 0 Å². The molecule has 31 heavy (non-hydrogen) atoms. The summed E-state index contributed by atoms with van der Waals surface area (Å²) in [6.07, 6.45) is 3.15. The molecule has 1 atom stereocenters. The van der Waals surface area contributed by atoms with Crippen LogP contribution in [0.5, 0.6) is 0 Å². The van der Waals surface area contributed by atoms with Crippen molar-refractivity contribution in [2.45, 2.75) is 58.5 Å². The quantitative estimate of drug-likeness (QED) is 0.565. The highest BCUT2D eigenvalue weighted by Crippen LogP contribution is 2.29. The molecule has 0 amide bonds. The summed E-state index contributed by atoms with van der Waals surface area (Å²) in [6, 6.07) is 8.72. The number of aromatic nitrogens is 4. The number of pyridine rings is 1. The van der Waals surface area contributed by atoms with Crippen LogP contribution in [0.3, 0.4) is 0 Å². The van der Waals surface area contributed by atoms with Crippen LogP contribution in [0.1, 0.15) is 57.3 Å². The van der Waals surface area contributed by atoms with Crippen LogP contribution in [-0.4, -0.2) is 52.8 Å². The lowest BCUT2D eigenvalue weighted by Crippen LogP contribution is -2.45. The second-order valence-electron chi connectivity index (χ2n) is 8.27. The van der Waals surface area contributed by atoms with Gasteiger partial charge in [-0.15, -0.1) is 0 Å². The Morgan fingerprint density at radius 2 is 2.00 bits per heavy atom. The number of hydrogen-bond acceptors (Lipinski definition) is 6. The summed E-state index contributed by atoms with van der Waals surface area (Å²) in [5.41, 5.74) is 5.02. The van der Waals surface area contributed by atoms with E-state index in [2.05, 4.69) is 54.2 Å². The molecule has 0 aromatic carbocycles. The number of aromatic amines is 1. The summed E-state index contributed by atoms with van der Waals surface area (Å²) in [6.45, 7) is 9.79. The summed E-state index contributed by atoms with van der Waals surface area (Å²) >= 11 is 0. The van der Waals surface area contributed by atoms with Crippen molar-refractivity contribution in [3.63, 3.8) is 0 Å². The lowest BCUT2D eigenvalue weighted by molar-refractivity contribution is 0.0925. The maximum absolute atomic E-state index is 5.72. The van der Waals surface area contributed by atoms with Gasteiger partial charge < -0.3 is 19.9 Å². The number of fused-ring (bicyclic) bond motifs is 1. The molecule has 0 radical (unpaired) electrons. The third kappa shape index (κ3) is 4.57. The molecule has 2 N–H and O–H groups in total. The van der Waals surface area contributed by atoms with Crippen molar-refractivity contribution in [3.05, 3.63) is 35.7 Å². The number of nitrogens with one attached hydrogen (secondary N) is 2. The molecule has 0 spiro atoms. The summed E-state index contributed by atoms with van der Waals surface area (Å²) in [7, 11) is 1.94. The van der Waals surface area contributed by atoms with Gasteiger partial charge in [-0.2, -0.15) is 0 Å². The molecule has 4 rings (SSSR count). The fraction of sp³-hybridized carbons (Fsp3) is 0.542. The van der Waals surface area contributed by atoms with E-state index in [-0.39, 0.29) is 0 Å². The zero-order valence-corrected chi connectivity index (χ0v) is 19.1. The lowest BCUT2D eigenvalue weighted by Gasteiger charge is -2.36. The van der Waals surface area contributed by atoms with Crippen molar-refractivity contribution in [1.29, 1.82) is 0 Å². The first-order chi connectivity index (χ1) is 15.2. The minimum absolute atomic E-state index is 0.343. The second kappa shape index (κ2) is 9.75. The highest BCUT2D eigenvalue weighted by molar-refractivity contribution is 5.78. The minimum atomic E-state index is 0.343. The highest BCUT2D eigenvalue weighted by atomic mass is 16.5. The highest BCUT2D eigenvalue weighted by Gasteiger charge is 2.25. The van der Waals surface area contributed by atoms with Gasteiger partial charge in [0.2, 0.25) is 0 Å². The number of rotatable bonds is 8. The van der Waals surface area contributed by atoms with E-state index in [9.17, 15) is 0 Å². The average Bonchev–Trinajstić information content (AvgIpc) is 3.21. The summed E-state index contributed by atoms with van der Waals surface area (Å²) in [4.78, 5) is 20.7. The Bertz CT molecular complexity index is 1010. The van der Waals surface area contributed by atoms with Gasteiger partial charge in [0.1, 0.15) is 11.5 Å². The van der Waals surface area contributed by atoms with E-state index < -0.39 is 0 Å². The van der Waals surface area contributed by atoms with Gasteiger partial charge in [0.15, 0.2) is 5.82 Å². The van der Waals surface area contributed by atoms with E-state index in [0.717, 1.165) is 79.5 Å². The molecule has 3 aromatic rings. The van der Waals surface area contributed by atoms with Gasteiger partial charge in [-0.3, -0.25) is 0 Å². The van der Waals surface area contributed by atoms with Crippen molar-refractivity contribution in [1.82, 2.24) is 25.3 Å². The molecule has 3 aromatic heterocycles. The van der Waals surface area contributed by atoms with Crippen molar-refractivity contribution < 1.29 is 4.74 Å². The molecule has 1 aliphatic heterocycles. The topological polar surface area (TPSA) is 79.0 Å². The van der Waals surface area contributed by atoms with Crippen LogP contribution in [0.2, 0.25) is 0 Å². The first-order valence-electron chi connectivity index (χ1n) is 11.5. The Balaban J connectivity index is 1.78. The predicted molar refractivity (Wildman–Crippen MR) is 125 cm³/mol. The second-order valence-corrected chi connectivity index (χ2v) is 8.27. The molecule has 7 heteroatoms. The zero-order valence-electron chi connectivity index (χ0n) is 19.1. The summed E-state index contributed by atoms with van der Waals surface area (Å²) < 4.78 is 5.72. The molecule has 0 bridgehead atoms. The normalized spacial score (nSPS) is 17.1. The molecule has 166 valence electrons. The maximum atomic E-state index is 5.72. The van der Waals surface area contributed by atoms with Crippen LogP contribution in [0.4, 0.5) is 5.82 Å². The van der Waals surface area contributed by atoms with E-state index >= 15 is 0 Å². The van der Waals surface area contributed by atoms with Crippen LogP contribution in [0, 0.1) is 0 Å². The molecule has 1 aliphatic rings. The van der Waals surface area contributed by atoms with Crippen molar-refractivity contribution in [2.75, 3.05) is 31.7 Å². The first kappa shape index (κ1) is 21.7. The predicted octanol–water partition coefficient (Wildman–Crippen LogP) is 4.26. The van der Waals surface area contributed by atoms with Gasteiger partial charge in [0.25, 0.3) is 0 Å². The van der Waals surface area contributed by atoms with Gasteiger partial charge in [0, 0.05) is 36.5 Å². The van der Waals surface area contributed by atoms with E-state index in [1.54, 1.807) is 0 Å². The van der Waals surface area contributed by atoms with Crippen LogP contribution in [-0.2, 0) is 11.3 Å². The van der Waals surface area contributed by atoms with Crippen LogP contribution >= 0.6 is 0 Å². The number of ether oxygens (including phenoxy) is 1. The van der Waals surface area contributed by atoms with Crippen LogP contribution < -0.4 is 10.2 Å². The Morgan fingerprint density at radius 1 is 1.16 bits per heavy atom. The van der Waals surface area contributed by atoms with Crippen molar-refractivity contribution in [2.24, 2.45) is 0 Å². The standard InChI is InChI=1S/C24H34N6O/c1-5-16(6-2)21-13-23(30-10-11-31-15-18(30)7-3)29-24(28-21)20-9-8-19-22(27-20)12-17(26-19)14-25-4/h8-9,12-13,16,18,25-26H,5-7,10-11,14-15H2,1-4H3. The first-order valence-corrected chi connectivity index (χ1v) is 11.5. The SMILES string of the molecule is CCC(CC)c1cc(N2CCOCC2CC)nc(-c2ccc3[nH]c(CNC)cc3n2)n1. The number of H-pyrrole nitrogens is 1. The number of nitrogens with zero attached hydrogens (tertiary/aromatic N) is 4. The monoisotopic (exact) mass is 422 g/mol. The van der Waals surface area contributed by atoms with E-state index in [4.69, 9.17) is 19.7 Å². The van der Waals surface area contributed by atoms with Gasteiger partial charge in [-0.05, 0) is 44.5 Å². The van der Waals surface area contributed by atoms with Gasteiger partial charge in [-0.1, -0.05) is 20.8 Å². The Kier molecular flexibility index (Phi) is 6.83. The minimum Gasteiger partial charge on any atom is -0.377 e. The third-order valence-corrected chi connectivity index (χ3v) is 6.26. The Morgan fingerprint density at radius 3 is 2.74 bits per heavy atom. The molecule has 4 heterocycles. The Labute approximate surface area is 184 Å². The fourth-order valence-electron chi connectivity index (χ4n) is 4.40. The number of hydrogen-bond donors (Lipinski definition) is 2. The van der Waals surface area contributed by atoms with Gasteiger partial charge in [0.05, 0.1) is 30.3 Å². The van der Waals surface area contributed by atoms with E-state index in [0.29, 0.717) is 17.8 Å². The molecular weight excluding hydrogens is 388 g/mol. The maximum Gasteiger partial charge on any atom is 0.180 e. The number of anilines is 1. The average molecular weight is 423 g/mol. The molecule has 0 aliphatic carbocycles. The smallest absolute Gasteiger partial charge is 0.180 e. The molecule has 1 saturated heterocycles. The van der Waals surface area contributed by atoms with Crippen molar-refractivity contribution >= 4 is 16.9 Å². The summed E-state index contributed by atoms with van der Waals surface area (Å²) in [5.74, 6) is 2.12.